The standard InChI is InChI=1S/C25H48N2O8S/c28-23(26-14-10-9-11-15-27(18-24(29)30)19-25(31)32)20-34-22-35-21-33-16-12-7-5-3-1-2-4-6-8-13-17-36/h36H,1-22H2,(H,26,28)(H,29,30)(H,31,32). The van der Waals surface area contributed by atoms with Gasteiger partial charge < -0.3 is 29.7 Å². The van der Waals surface area contributed by atoms with Crippen LogP contribution in [0.25, 0.3) is 0 Å². The lowest BCUT2D eigenvalue weighted by atomic mass is 10.1. The van der Waals surface area contributed by atoms with E-state index in [2.05, 4.69) is 17.9 Å². The maximum absolute atomic E-state index is 11.7. The third-order valence-electron chi connectivity index (χ3n) is 5.45. The number of aliphatic carboxylic acids is 2. The zero-order valence-corrected chi connectivity index (χ0v) is 22.7. The van der Waals surface area contributed by atoms with Crippen molar-refractivity contribution in [3.63, 3.8) is 0 Å². The summed E-state index contributed by atoms with van der Waals surface area (Å²) in [5.41, 5.74) is 0. The maximum Gasteiger partial charge on any atom is 0.317 e. The van der Waals surface area contributed by atoms with Gasteiger partial charge in [-0.05, 0) is 38.0 Å². The van der Waals surface area contributed by atoms with Crippen molar-refractivity contribution in [3.05, 3.63) is 0 Å². The van der Waals surface area contributed by atoms with E-state index in [4.69, 9.17) is 24.4 Å². The molecule has 0 bridgehead atoms. The van der Waals surface area contributed by atoms with E-state index >= 15 is 0 Å². The molecule has 0 aliphatic rings. The van der Waals surface area contributed by atoms with Crippen LogP contribution in [0.5, 0.6) is 0 Å². The van der Waals surface area contributed by atoms with Crippen LogP contribution in [0, 0.1) is 0 Å². The van der Waals surface area contributed by atoms with Gasteiger partial charge in [-0.15, -0.1) is 0 Å². The Balaban J connectivity index is 3.36. The number of hydrogen-bond acceptors (Lipinski definition) is 8. The van der Waals surface area contributed by atoms with E-state index < -0.39 is 11.9 Å². The van der Waals surface area contributed by atoms with E-state index in [1.54, 1.807) is 0 Å². The van der Waals surface area contributed by atoms with Gasteiger partial charge in [-0.25, -0.2) is 0 Å². The van der Waals surface area contributed by atoms with Crippen LogP contribution in [-0.2, 0) is 28.6 Å². The zero-order valence-electron chi connectivity index (χ0n) is 21.8. The molecule has 0 atom stereocenters. The molecule has 10 nitrogen and oxygen atoms in total. The number of ether oxygens (including phenoxy) is 3. The topological polar surface area (TPSA) is 135 Å². The summed E-state index contributed by atoms with van der Waals surface area (Å²) in [7, 11) is 0. The number of carboxylic acid groups (broad SMARTS) is 2. The molecule has 0 spiro atoms. The first-order valence-corrected chi connectivity index (χ1v) is 13.9. The number of unbranched alkanes of at least 4 members (excludes halogenated alkanes) is 11. The van der Waals surface area contributed by atoms with Crippen molar-refractivity contribution in [2.75, 3.05) is 58.7 Å². The lowest BCUT2D eigenvalue weighted by Gasteiger charge is -2.17. The Morgan fingerprint density at radius 3 is 1.78 bits per heavy atom. The van der Waals surface area contributed by atoms with Gasteiger partial charge in [0, 0.05) is 13.2 Å². The number of hydrogen-bond donors (Lipinski definition) is 4. The van der Waals surface area contributed by atoms with Crippen molar-refractivity contribution in [1.29, 1.82) is 0 Å². The Kier molecular flexibility index (Phi) is 25.6. The van der Waals surface area contributed by atoms with Gasteiger partial charge in [0.1, 0.15) is 20.2 Å². The molecular formula is C25H48N2O8S. The predicted octanol–water partition coefficient (Wildman–Crippen LogP) is 3.54. The Labute approximate surface area is 221 Å². The summed E-state index contributed by atoms with van der Waals surface area (Å²) in [6.45, 7) is 0.956. The molecule has 0 fully saturated rings. The Bertz CT molecular complexity index is 538. The third kappa shape index (κ3) is 27.2. The smallest absolute Gasteiger partial charge is 0.317 e. The molecule has 0 aromatic carbocycles. The minimum absolute atomic E-state index is 0.00952. The van der Waals surface area contributed by atoms with Gasteiger partial charge in [0.25, 0.3) is 0 Å². The minimum atomic E-state index is -1.05. The molecule has 0 aromatic heterocycles. The highest BCUT2D eigenvalue weighted by Gasteiger charge is 2.12. The Morgan fingerprint density at radius 2 is 1.19 bits per heavy atom. The van der Waals surface area contributed by atoms with E-state index in [-0.39, 0.29) is 39.2 Å². The second-order valence-corrected chi connectivity index (χ2v) is 9.31. The highest BCUT2D eigenvalue weighted by Crippen LogP contribution is 2.10. The molecule has 0 saturated carbocycles. The quantitative estimate of drug-likeness (QED) is 0.0673. The average Bonchev–Trinajstić information content (AvgIpc) is 2.82. The van der Waals surface area contributed by atoms with Crippen LogP contribution in [-0.4, -0.2) is 91.7 Å². The number of carbonyl (C=O) groups is 3. The first kappa shape index (κ1) is 34.6. The second kappa shape index (κ2) is 26.7. The summed E-state index contributed by atoms with van der Waals surface area (Å²) in [6, 6.07) is 0. The van der Waals surface area contributed by atoms with E-state index in [0.717, 1.165) is 18.6 Å². The van der Waals surface area contributed by atoms with E-state index in [1.807, 2.05) is 0 Å². The van der Waals surface area contributed by atoms with E-state index in [0.29, 0.717) is 32.5 Å². The normalized spacial score (nSPS) is 11.2. The minimum Gasteiger partial charge on any atom is -0.480 e. The Hall–Kier alpha value is -1.40. The molecule has 0 aliphatic heterocycles. The molecule has 0 unspecified atom stereocenters. The number of carbonyl (C=O) groups excluding carboxylic acids is 1. The molecule has 0 aromatic rings. The molecule has 0 heterocycles. The summed E-state index contributed by atoms with van der Waals surface area (Å²) in [5, 5.41) is 20.3. The number of thiol groups is 1. The summed E-state index contributed by atoms with van der Waals surface area (Å²) in [5.74, 6) is -1.35. The first-order valence-electron chi connectivity index (χ1n) is 13.2. The number of nitrogens with zero attached hydrogens (tertiary/aromatic N) is 1. The fraction of sp³-hybridized carbons (Fsp3) is 0.880. The molecule has 0 aliphatic carbocycles. The maximum atomic E-state index is 11.7. The molecule has 0 radical (unpaired) electrons. The molecule has 3 N–H and O–H groups in total. The van der Waals surface area contributed by atoms with Crippen molar-refractivity contribution >= 4 is 30.5 Å². The number of nitrogens with one attached hydrogen (secondary N) is 1. The molecule has 36 heavy (non-hydrogen) atoms. The van der Waals surface area contributed by atoms with Crippen LogP contribution in [0.2, 0.25) is 0 Å². The first-order chi connectivity index (χ1) is 17.5. The largest absolute Gasteiger partial charge is 0.480 e. The van der Waals surface area contributed by atoms with Gasteiger partial charge >= 0.3 is 11.9 Å². The van der Waals surface area contributed by atoms with E-state index in [1.165, 1.54) is 62.7 Å². The zero-order chi connectivity index (χ0) is 26.7. The fourth-order valence-corrected chi connectivity index (χ4v) is 3.81. The van der Waals surface area contributed by atoms with Crippen molar-refractivity contribution < 1.29 is 38.8 Å². The average molecular weight is 537 g/mol. The molecule has 0 rings (SSSR count). The van der Waals surface area contributed by atoms with Crippen LogP contribution in [0.3, 0.4) is 0 Å². The summed E-state index contributed by atoms with van der Waals surface area (Å²) < 4.78 is 15.8. The van der Waals surface area contributed by atoms with Crippen LogP contribution >= 0.6 is 12.6 Å². The SMILES string of the molecule is O=C(O)CN(CCCCCNC(=O)COCOCOCCCCCCCCCCCCS)CC(=O)O. The van der Waals surface area contributed by atoms with Gasteiger partial charge in [-0.3, -0.25) is 19.3 Å². The van der Waals surface area contributed by atoms with Gasteiger partial charge in [0.05, 0.1) is 13.1 Å². The molecular weight excluding hydrogens is 488 g/mol. The van der Waals surface area contributed by atoms with Crippen LogP contribution in [0.1, 0.15) is 83.5 Å². The fourth-order valence-electron chi connectivity index (χ4n) is 3.59. The molecule has 1 amide bonds. The van der Waals surface area contributed by atoms with Crippen LogP contribution < -0.4 is 5.32 Å². The van der Waals surface area contributed by atoms with Crippen LogP contribution in [0.15, 0.2) is 0 Å². The van der Waals surface area contributed by atoms with Gasteiger partial charge in [-0.2, -0.15) is 12.6 Å². The predicted molar refractivity (Wildman–Crippen MR) is 141 cm³/mol. The highest BCUT2D eigenvalue weighted by atomic mass is 32.1. The van der Waals surface area contributed by atoms with Gasteiger partial charge in [-0.1, -0.05) is 57.8 Å². The number of carboxylic acids is 2. The van der Waals surface area contributed by atoms with Crippen molar-refractivity contribution in [3.8, 4) is 0 Å². The summed E-state index contributed by atoms with van der Waals surface area (Å²) in [6.07, 6.45) is 14.7. The third-order valence-corrected chi connectivity index (χ3v) is 5.77. The van der Waals surface area contributed by atoms with Gasteiger partial charge in [0.2, 0.25) is 5.91 Å². The Morgan fingerprint density at radius 1 is 0.667 bits per heavy atom. The monoisotopic (exact) mass is 536 g/mol. The molecule has 212 valence electrons. The lowest BCUT2D eigenvalue weighted by molar-refractivity contribution is -0.146. The van der Waals surface area contributed by atoms with Gasteiger partial charge in [0.15, 0.2) is 0 Å². The highest BCUT2D eigenvalue weighted by molar-refractivity contribution is 7.80. The number of amides is 1. The summed E-state index contributed by atoms with van der Waals surface area (Å²) >= 11 is 4.23. The van der Waals surface area contributed by atoms with Crippen molar-refractivity contribution in [1.82, 2.24) is 10.2 Å². The molecule has 0 saturated heterocycles. The second-order valence-electron chi connectivity index (χ2n) is 8.86. The van der Waals surface area contributed by atoms with Crippen LogP contribution in [0.4, 0.5) is 0 Å². The van der Waals surface area contributed by atoms with E-state index in [9.17, 15) is 14.4 Å². The van der Waals surface area contributed by atoms with Crippen molar-refractivity contribution in [2.45, 2.75) is 83.5 Å². The lowest BCUT2D eigenvalue weighted by Crippen LogP contribution is -2.35. The summed E-state index contributed by atoms with van der Waals surface area (Å²) in [4.78, 5) is 34.6. The molecule has 11 heteroatoms. The number of rotatable bonds is 28. The van der Waals surface area contributed by atoms with Crippen molar-refractivity contribution in [2.24, 2.45) is 0 Å².